The third kappa shape index (κ3) is 7.07. The lowest BCUT2D eigenvalue weighted by atomic mass is 9.85. The summed E-state index contributed by atoms with van der Waals surface area (Å²) < 4.78 is 17.1. The first-order chi connectivity index (χ1) is 15.7. The summed E-state index contributed by atoms with van der Waals surface area (Å²) in [5.41, 5.74) is 2.47. The molecule has 2 aromatic carbocycles. The van der Waals surface area contributed by atoms with Crippen molar-refractivity contribution in [1.29, 1.82) is 0 Å². The Labute approximate surface area is 205 Å². The molecule has 0 fully saturated rings. The van der Waals surface area contributed by atoms with Crippen LogP contribution in [-0.4, -0.2) is 26.9 Å². The van der Waals surface area contributed by atoms with Crippen LogP contribution in [0.4, 0.5) is 0 Å². The molecule has 0 spiro atoms. The lowest BCUT2D eigenvalue weighted by Gasteiger charge is -2.38. The highest BCUT2D eigenvalue weighted by atomic mass is 28.4. The zero-order valence-corrected chi connectivity index (χ0v) is 22.8. The van der Waals surface area contributed by atoms with Crippen molar-refractivity contribution in [2.45, 2.75) is 71.7 Å². The second-order valence-corrected chi connectivity index (χ2v) is 15.7. The molecule has 0 aliphatic rings. The molecule has 0 heterocycles. The average molecular weight is 483 g/mol. The normalized spacial score (nSPS) is 12.1. The first kappa shape index (κ1) is 27.4. The Bertz CT molecular complexity index is 1020. The molecule has 6 heteroatoms. The molecule has 0 aromatic heterocycles. The van der Waals surface area contributed by atoms with Crippen LogP contribution in [0.1, 0.15) is 73.4 Å². The molecule has 0 aliphatic heterocycles. The zero-order chi connectivity index (χ0) is 25.7. The molecule has 0 unspecified atom stereocenters. The molecule has 0 bridgehead atoms. The fraction of sp³-hybridized carbons (Fsp3) is 0.429. The van der Waals surface area contributed by atoms with Gasteiger partial charge in [-0.3, -0.25) is 0 Å². The standard InChI is InChI=1S/C28H38O5Si/c1-10-17-31-25(29)21-13-11-20(12-14-21)19-32-26(30)22-15-16-24(23(18-22)27(2,3)4)33-34(8,9)28(5,6)7/h10-16,18H,1,17,19H2,2-9H3. The van der Waals surface area contributed by atoms with Gasteiger partial charge < -0.3 is 13.9 Å². The van der Waals surface area contributed by atoms with Crippen LogP contribution in [-0.2, 0) is 21.5 Å². The SMILES string of the molecule is C=CCOC(=O)c1ccc(COC(=O)c2ccc(O[Si](C)(C)C(C)(C)C)c(C(C)(C)C)c2)cc1. The van der Waals surface area contributed by atoms with Gasteiger partial charge in [-0.05, 0) is 65.0 Å². The number of carbonyl (C=O) groups is 2. The quantitative estimate of drug-likeness (QED) is 0.229. The summed E-state index contributed by atoms with van der Waals surface area (Å²) in [5, 5.41) is 0.0672. The van der Waals surface area contributed by atoms with Gasteiger partial charge in [0.15, 0.2) is 0 Å². The third-order valence-electron chi connectivity index (χ3n) is 6.09. The summed E-state index contributed by atoms with van der Waals surface area (Å²) in [6.45, 7) is 21.2. The molecule has 34 heavy (non-hydrogen) atoms. The minimum atomic E-state index is -2.03. The van der Waals surface area contributed by atoms with E-state index in [0.29, 0.717) is 11.1 Å². The molecule has 0 aliphatic carbocycles. The fourth-order valence-corrected chi connectivity index (χ4v) is 3.98. The molecular weight excluding hydrogens is 444 g/mol. The van der Waals surface area contributed by atoms with Crippen molar-refractivity contribution in [2.75, 3.05) is 6.61 Å². The van der Waals surface area contributed by atoms with Crippen molar-refractivity contribution in [2.24, 2.45) is 0 Å². The van der Waals surface area contributed by atoms with Crippen molar-refractivity contribution in [3.8, 4) is 5.75 Å². The Morgan fingerprint density at radius 2 is 1.44 bits per heavy atom. The Morgan fingerprint density at radius 1 is 0.882 bits per heavy atom. The van der Waals surface area contributed by atoms with Gasteiger partial charge >= 0.3 is 11.9 Å². The van der Waals surface area contributed by atoms with E-state index >= 15 is 0 Å². The highest BCUT2D eigenvalue weighted by molar-refractivity contribution is 6.74. The second kappa shape index (κ2) is 10.6. The molecule has 2 aromatic rings. The van der Waals surface area contributed by atoms with Crippen LogP contribution in [0.25, 0.3) is 0 Å². The summed E-state index contributed by atoms with van der Waals surface area (Å²) >= 11 is 0. The molecule has 184 valence electrons. The number of ether oxygens (including phenoxy) is 2. The lowest BCUT2D eigenvalue weighted by molar-refractivity contribution is 0.0470. The van der Waals surface area contributed by atoms with Gasteiger partial charge in [-0.2, -0.15) is 0 Å². The summed E-state index contributed by atoms with van der Waals surface area (Å²) in [7, 11) is -2.03. The van der Waals surface area contributed by atoms with E-state index in [-0.39, 0.29) is 23.7 Å². The summed E-state index contributed by atoms with van der Waals surface area (Å²) in [4.78, 5) is 24.7. The van der Waals surface area contributed by atoms with E-state index in [2.05, 4.69) is 61.2 Å². The minimum absolute atomic E-state index is 0.0672. The monoisotopic (exact) mass is 482 g/mol. The van der Waals surface area contributed by atoms with Gasteiger partial charge in [-0.25, -0.2) is 9.59 Å². The van der Waals surface area contributed by atoms with Crippen LogP contribution in [0.2, 0.25) is 18.1 Å². The van der Waals surface area contributed by atoms with Gasteiger partial charge in [0.25, 0.3) is 0 Å². The molecule has 2 rings (SSSR count). The van der Waals surface area contributed by atoms with Crippen molar-refractivity contribution in [3.63, 3.8) is 0 Å². The first-order valence-electron chi connectivity index (χ1n) is 11.5. The van der Waals surface area contributed by atoms with Crippen LogP contribution in [0.3, 0.4) is 0 Å². The Balaban J connectivity index is 2.16. The predicted octanol–water partition coefficient (Wildman–Crippen LogP) is 7.07. The highest BCUT2D eigenvalue weighted by Gasteiger charge is 2.40. The molecule has 0 saturated heterocycles. The molecule has 0 radical (unpaired) electrons. The molecule has 5 nitrogen and oxygen atoms in total. The maximum absolute atomic E-state index is 12.8. The van der Waals surface area contributed by atoms with Crippen molar-refractivity contribution in [1.82, 2.24) is 0 Å². The molecule has 0 amide bonds. The van der Waals surface area contributed by atoms with Crippen LogP contribution in [0.15, 0.2) is 55.1 Å². The number of rotatable bonds is 8. The van der Waals surface area contributed by atoms with E-state index in [1.807, 2.05) is 12.1 Å². The van der Waals surface area contributed by atoms with Crippen molar-refractivity contribution < 1.29 is 23.5 Å². The van der Waals surface area contributed by atoms with E-state index in [1.165, 1.54) is 6.08 Å². The van der Waals surface area contributed by atoms with E-state index in [4.69, 9.17) is 13.9 Å². The Morgan fingerprint density at radius 3 is 1.97 bits per heavy atom. The van der Waals surface area contributed by atoms with E-state index in [0.717, 1.165) is 16.9 Å². The summed E-state index contributed by atoms with van der Waals surface area (Å²) in [5.74, 6) is 0.00609. The smallest absolute Gasteiger partial charge is 0.338 e. The number of hydrogen-bond donors (Lipinski definition) is 0. The van der Waals surface area contributed by atoms with E-state index in [9.17, 15) is 9.59 Å². The summed E-state index contributed by atoms with van der Waals surface area (Å²) in [6.07, 6.45) is 1.52. The van der Waals surface area contributed by atoms with Gasteiger partial charge in [-0.1, -0.05) is 66.3 Å². The van der Waals surface area contributed by atoms with Crippen LogP contribution >= 0.6 is 0 Å². The predicted molar refractivity (Wildman–Crippen MR) is 139 cm³/mol. The van der Waals surface area contributed by atoms with Gasteiger partial charge in [0, 0.05) is 0 Å². The van der Waals surface area contributed by atoms with Crippen molar-refractivity contribution >= 4 is 20.3 Å². The third-order valence-corrected chi connectivity index (χ3v) is 10.4. The number of esters is 2. The van der Waals surface area contributed by atoms with Crippen LogP contribution < -0.4 is 4.43 Å². The number of hydrogen-bond acceptors (Lipinski definition) is 5. The second-order valence-electron chi connectivity index (χ2n) is 11.0. The van der Waals surface area contributed by atoms with E-state index < -0.39 is 20.3 Å². The van der Waals surface area contributed by atoms with Gasteiger partial charge in [-0.15, -0.1) is 0 Å². The lowest BCUT2D eigenvalue weighted by Crippen LogP contribution is -2.44. The Hall–Kier alpha value is -2.86. The molecule has 0 saturated carbocycles. The van der Waals surface area contributed by atoms with Crippen LogP contribution in [0, 0.1) is 0 Å². The fourth-order valence-electron chi connectivity index (χ4n) is 2.95. The van der Waals surface area contributed by atoms with Gasteiger partial charge in [0.05, 0.1) is 11.1 Å². The average Bonchev–Trinajstić information content (AvgIpc) is 2.74. The highest BCUT2D eigenvalue weighted by Crippen LogP contribution is 2.40. The Kier molecular flexibility index (Phi) is 8.53. The van der Waals surface area contributed by atoms with Gasteiger partial charge in [0.1, 0.15) is 19.0 Å². The topological polar surface area (TPSA) is 61.8 Å². The molecular formula is C28H38O5Si. The van der Waals surface area contributed by atoms with E-state index in [1.54, 1.807) is 30.3 Å². The number of carbonyl (C=O) groups excluding carboxylic acids is 2. The maximum Gasteiger partial charge on any atom is 0.338 e. The maximum atomic E-state index is 12.8. The largest absolute Gasteiger partial charge is 0.543 e. The van der Waals surface area contributed by atoms with Gasteiger partial charge in [0.2, 0.25) is 8.32 Å². The summed E-state index contributed by atoms with van der Waals surface area (Å²) in [6, 6.07) is 12.3. The molecule has 0 N–H and O–H groups in total. The molecule has 0 atom stereocenters. The first-order valence-corrected chi connectivity index (χ1v) is 14.4. The number of benzene rings is 2. The zero-order valence-electron chi connectivity index (χ0n) is 21.8. The minimum Gasteiger partial charge on any atom is -0.543 e. The van der Waals surface area contributed by atoms with Crippen LogP contribution in [0.5, 0.6) is 5.75 Å². The van der Waals surface area contributed by atoms with Crippen molar-refractivity contribution in [3.05, 3.63) is 77.4 Å².